The van der Waals surface area contributed by atoms with E-state index >= 15 is 0 Å². The van der Waals surface area contributed by atoms with E-state index in [1.807, 2.05) is 38.9 Å². The van der Waals surface area contributed by atoms with Gasteiger partial charge in [0, 0.05) is 31.4 Å². The molecule has 1 aliphatic heterocycles. The molecule has 0 aliphatic carbocycles. The number of rotatable bonds is 6. The largest absolute Gasteiger partial charge is 0.444 e. The predicted octanol–water partition coefficient (Wildman–Crippen LogP) is 2.09. The summed E-state index contributed by atoms with van der Waals surface area (Å²) in [4.78, 5) is 14.0. The maximum Gasteiger partial charge on any atom is 0.410 e. The van der Waals surface area contributed by atoms with Crippen molar-refractivity contribution in [2.24, 2.45) is 0 Å². The predicted molar refractivity (Wildman–Crippen MR) is 87.8 cm³/mol. The van der Waals surface area contributed by atoms with Gasteiger partial charge in [0.2, 0.25) is 0 Å². The van der Waals surface area contributed by atoms with Gasteiger partial charge in [-0.25, -0.2) is 4.79 Å². The Kier molecular flexibility index (Phi) is 6.81. The maximum atomic E-state index is 12.2. The van der Waals surface area contributed by atoms with Crippen LogP contribution in [0.1, 0.15) is 40.5 Å². The molecule has 0 aromatic rings. The van der Waals surface area contributed by atoms with E-state index in [1.54, 1.807) is 11.8 Å². The number of likely N-dealkylation sites (tertiary alicyclic amines) is 1. The third-order valence-corrected chi connectivity index (χ3v) is 4.26. The average Bonchev–Trinajstić information content (AvgIpc) is 2.74. The van der Waals surface area contributed by atoms with Crippen LogP contribution in [0, 0.1) is 0 Å². The lowest BCUT2D eigenvalue weighted by Crippen LogP contribution is -2.47. The highest BCUT2D eigenvalue weighted by Crippen LogP contribution is 2.20. The molecular formula is C15H30N2O3S. The fourth-order valence-corrected chi connectivity index (χ4v) is 3.20. The van der Waals surface area contributed by atoms with Gasteiger partial charge in [0.25, 0.3) is 0 Å². The maximum absolute atomic E-state index is 12.2. The second-order valence-corrected chi connectivity index (χ2v) is 7.90. The molecule has 1 heterocycles. The van der Waals surface area contributed by atoms with Crippen molar-refractivity contribution in [1.82, 2.24) is 10.2 Å². The molecule has 0 aromatic heterocycles. The number of carbonyl (C=O) groups is 1. The first-order chi connectivity index (χ1) is 9.64. The number of amides is 1. The zero-order chi connectivity index (χ0) is 16.1. The second kappa shape index (κ2) is 7.70. The van der Waals surface area contributed by atoms with Crippen molar-refractivity contribution in [2.75, 3.05) is 31.6 Å². The van der Waals surface area contributed by atoms with Crippen LogP contribution in [0.2, 0.25) is 0 Å². The second-order valence-electron chi connectivity index (χ2n) is 7.03. The van der Waals surface area contributed by atoms with E-state index in [-0.39, 0.29) is 12.1 Å². The van der Waals surface area contributed by atoms with Crippen LogP contribution in [0.3, 0.4) is 0 Å². The number of nitrogens with zero attached hydrogens (tertiary/aromatic N) is 1. The number of thioether (sulfide) groups is 1. The number of hydrogen-bond donors (Lipinski definition) is 2. The Balaban J connectivity index is 2.42. The lowest BCUT2D eigenvalue weighted by Gasteiger charge is -2.30. The van der Waals surface area contributed by atoms with Gasteiger partial charge in [-0.2, -0.15) is 11.8 Å². The van der Waals surface area contributed by atoms with Gasteiger partial charge >= 0.3 is 6.09 Å². The van der Waals surface area contributed by atoms with Crippen molar-refractivity contribution in [3.63, 3.8) is 0 Å². The molecule has 124 valence electrons. The summed E-state index contributed by atoms with van der Waals surface area (Å²) in [6.07, 6.45) is 3.74. The lowest BCUT2D eigenvalue weighted by atomic mass is 10.1. The first kappa shape index (κ1) is 18.6. The number of ether oxygens (including phenoxy) is 1. The fourth-order valence-electron chi connectivity index (χ4n) is 2.48. The standard InChI is InChI=1S/C15H30N2O3S/c1-14(2,3)20-13(18)17-8-6-7-12(17)9-16-10-15(4,19)11-21-5/h12,16,19H,6-11H2,1-5H3. The van der Waals surface area contributed by atoms with E-state index in [0.29, 0.717) is 18.8 Å². The van der Waals surface area contributed by atoms with E-state index in [4.69, 9.17) is 4.74 Å². The molecule has 0 saturated carbocycles. The van der Waals surface area contributed by atoms with Gasteiger partial charge in [-0.1, -0.05) is 0 Å². The Hall–Kier alpha value is -0.460. The number of hydrogen-bond acceptors (Lipinski definition) is 5. The van der Waals surface area contributed by atoms with Gasteiger partial charge in [0.05, 0.1) is 5.60 Å². The Labute approximate surface area is 132 Å². The van der Waals surface area contributed by atoms with Crippen molar-refractivity contribution in [3.8, 4) is 0 Å². The molecule has 1 amide bonds. The summed E-state index contributed by atoms with van der Waals surface area (Å²) in [6, 6.07) is 0.157. The molecule has 0 bridgehead atoms. The quantitative estimate of drug-likeness (QED) is 0.785. The van der Waals surface area contributed by atoms with Crippen LogP contribution in [0.5, 0.6) is 0 Å². The molecule has 1 aliphatic rings. The molecule has 1 rings (SSSR count). The van der Waals surface area contributed by atoms with Gasteiger partial charge in [0.1, 0.15) is 5.60 Å². The minimum absolute atomic E-state index is 0.157. The van der Waals surface area contributed by atoms with Crippen LogP contribution in [0.15, 0.2) is 0 Å². The highest BCUT2D eigenvalue weighted by molar-refractivity contribution is 7.98. The molecule has 21 heavy (non-hydrogen) atoms. The molecule has 0 spiro atoms. The number of carbonyl (C=O) groups excluding carboxylic acids is 1. The van der Waals surface area contributed by atoms with Crippen LogP contribution < -0.4 is 5.32 Å². The third kappa shape index (κ3) is 6.89. The summed E-state index contributed by atoms with van der Waals surface area (Å²) in [6.45, 7) is 9.46. The fraction of sp³-hybridized carbons (Fsp3) is 0.933. The van der Waals surface area contributed by atoms with E-state index in [9.17, 15) is 9.90 Å². The number of aliphatic hydroxyl groups is 1. The minimum Gasteiger partial charge on any atom is -0.444 e. The summed E-state index contributed by atoms with van der Waals surface area (Å²) >= 11 is 1.63. The van der Waals surface area contributed by atoms with Crippen molar-refractivity contribution in [3.05, 3.63) is 0 Å². The summed E-state index contributed by atoms with van der Waals surface area (Å²) < 4.78 is 5.44. The molecule has 2 unspecified atom stereocenters. The SMILES string of the molecule is CSCC(C)(O)CNCC1CCCN1C(=O)OC(C)(C)C. The summed E-state index contributed by atoms with van der Waals surface area (Å²) in [5, 5.41) is 13.4. The van der Waals surface area contributed by atoms with E-state index in [2.05, 4.69) is 5.32 Å². The smallest absolute Gasteiger partial charge is 0.410 e. The Morgan fingerprint density at radius 1 is 1.43 bits per heavy atom. The van der Waals surface area contributed by atoms with Crippen LogP contribution in [-0.2, 0) is 4.74 Å². The van der Waals surface area contributed by atoms with Gasteiger partial charge in [-0.05, 0) is 46.8 Å². The first-order valence-electron chi connectivity index (χ1n) is 7.56. The average molecular weight is 318 g/mol. The highest BCUT2D eigenvalue weighted by Gasteiger charge is 2.32. The van der Waals surface area contributed by atoms with Crippen LogP contribution in [0.4, 0.5) is 4.79 Å². The summed E-state index contributed by atoms with van der Waals surface area (Å²) in [7, 11) is 0. The Bertz CT molecular complexity index is 342. The van der Waals surface area contributed by atoms with Crippen molar-refractivity contribution >= 4 is 17.9 Å². The molecule has 1 saturated heterocycles. The summed E-state index contributed by atoms with van der Waals surface area (Å²) in [5.41, 5.74) is -1.17. The van der Waals surface area contributed by atoms with Crippen molar-refractivity contribution in [1.29, 1.82) is 0 Å². The van der Waals surface area contributed by atoms with Crippen LogP contribution in [0.25, 0.3) is 0 Å². The first-order valence-corrected chi connectivity index (χ1v) is 8.96. The molecular weight excluding hydrogens is 288 g/mol. The van der Waals surface area contributed by atoms with Crippen LogP contribution in [-0.4, -0.2) is 65.0 Å². The highest BCUT2D eigenvalue weighted by atomic mass is 32.2. The van der Waals surface area contributed by atoms with Gasteiger partial charge in [0.15, 0.2) is 0 Å². The van der Waals surface area contributed by atoms with E-state index < -0.39 is 11.2 Å². The van der Waals surface area contributed by atoms with Gasteiger partial charge in [-0.3, -0.25) is 0 Å². The zero-order valence-electron chi connectivity index (χ0n) is 13.9. The minimum atomic E-state index is -0.714. The third-order valence-electron chi connectivity index (χ3n) is 3.35. The van der Waals surface area contributed by atoms with Crippen molar-refractivity contribution in [2.45, 2.75) is 57.8 Å². The molecule has 2 atom stereocenters. The Morgan fingerprint density at radius 3 is 2.67 bits per heavy atom. The van der Waals surface area contributed by atoms with Gasteiger partial charge < -0.3 is 20.1 Å². The summed E-state index contributed by atoms with van der Waals surface area (Å²) in [5.74, 6) is 0.695. The Morgan fingerprint density at radius 2 is 2.10 bits per heavy atom. The molecule has 0 aromatic carbocycles. The van der Waals surface area contributed by atoms with E-state index in [0.717, 1.165) is 19.4 Å². The topological polar surface area (TPSA) is 61.8 Å². The molecule has 2 N–H and O–H groups in total. The number of nitrogens with one attached hydrogen (secondary N) is 1. The molecule has 5 nitrogen and oxygen atoms in total. The normalized spacial score (nSPS) is 22.2. The molecule has 1 fully saturated rings. The van der Waals surface area contributed by atoms with Crippen molar-refractivity contribution < 1.29 is 14.6 Å². The monoisotopic (exact) mass is 318 g/mol. The zero-order valence-corrected chi connectivity index (χ0v) is 14.8. The van der Waals surface area contributed by atoms with E-state index in [1.165, 1.54) is 0 Å². The van der Waals surface area contributed by atoms with Crippen LogP contribution >= 0.6 is 11.8 Å². The molecule has 6 heteroatoms. The van der Waals surface area contributed by atoms with Gasteiger partial charge in [-0.15, -0.1) is 0 Å². The molecule has 0 radical (unpaired) electrons. The lowest BCUT2D eigenvalue weighted by molar-refractivity contribution is 0.0221.